The Hall–Kier alpha value is -4.08. The predicted octanol–water partition coefficient (Wildman–Crippen LogP) is 5.35. The second-order valence-electron chi connectivity index (χ2n) is 8.49. The van der Waals surface area contributed by atoms with Crippen molar-refractivity contribution >= 4 is 18.4 Å². The summed E-state index contributed by atoms with van der Waals surface area (Å²) in [7, 11) is 1.15. The van der Waals surface area contributed by atoms with E-state index in [2.05, 4.69) is 5.32 Å². The van der Waals surface area contributed by atoms with Gasteiger partial charge in [0.05, 0.1) is 36.3 Å². The van der Waals surface area contributed by atoms with Crippen molar-refractivity contribution in [3.63, 3.8) is 0 Å². The number of hydrogen-bond acceptors (Lipinski definition) is 7. The lowest BCUT2D eigenvalue weighted by atomic mass is 9.79. The summed E-state index contributed by atoms with van der Waals surface area (Å²) in [5.74, 6) is -2.79. The first-order valence-electron chi connectivity index (χ1n) is 11.9. The highest BCUT2D eigenvalue weighted by Gasteiger charge is 2.40. The lowest BCUT2D eigenvalue weighted by Crippen LogP contribution is -2.33. The number of esters is 2. The smallest absolute Gasteiger partial charge is 0.416 e. The van der Waals surface area contributed by atoms with Gasteiger partial charge in [-0.15, -0.1) is 0 Å². The number of rotatable bonds is 10. The second kappa shape index (κ2) is 12.4. The van der Waals surface area contributed by atoms with E-state index in [-0.39, 0.29) is 36.2 Å². The molecule has 1 heterocycles. The molecule has 3 rings (SSSR count). The van der Waals surface area contributed by atoms with Gasteiger partial charge in [0.1, 0.15) is 6.10 Å². The van der Waals surface area contributed by atoms with Crippen LogP contribution >= 0.6 is 0 Å². The molecule has 0 bridgehead atoms. The lowest BCUT2D eigenvalue weighted by molar-refractivity contribution is -0.139. The van der Waals surface area contributed by atoms with Crippen molar-refractivity contribution in [1.29, 1.82) is 0 Å². The average molecular weight is 532 g/mol. The van der Waals surface area contributed by atoms with Gasteiger partial charge in [0.2, 0.25) is 0 Å². The first-order chi connectivity index (χ1) is 18.1. The minimum Gasteiger partial charge on any atom is -0.466 e. The van der Waals surface area contributed by atoms with Crippen molar-refractivity contribution in [3.8, 4) is 0 Å². The van der Waals surface area contributed by atoms with Crippen LogP contribution in [-0.4, -0.2) is 32.1 Å². The van der Waals surface area contributed by atoms with Crippen LogP contribution < -0.4 is 5.32 Å². The van der Waals surface area contributed by atoms with Gasteiger partial charge in [0, 0.05) is 11.4 Å². The summed E-state index contributed by atoms with van der Waals surface area (Å²) in [5, 5.41) is 3.06. The number of allylic oxidation sites excluding steroid dienone is 2. The third-order valence-corrected chi connectivity index (χ3v) is 6.14. The minimum atomic E-state index is -4.64. The van der Waals surface area contributed by atoms with E-state index >= 15 is 0 Å². The van der Waals surface area contributed by atoms with E-state index in [0.29, 0.717) is 17.9 Å². The van der Waals surface area contributed by atoms with Gasteiger partial charge in [-0.3, -0.25) is 4.79 Å². The molecule has 10 heteroatoms. The standard InChI is InChI=1S/C28H28F3NO6/c1-4-37-27(35)25-21(13-14-22(38-16-33)18-9-6-5-7-10-18)32-17(2)23(26(34)36-3)24(25)19-11-8-12-20(15-19)28(29,30)31/h5-12,15-16,22,24,32H,4,13-14H2,1-3H3. The number of nitrogens with one attached hydrogen (secondary N) is 1. The van der Waals surface area contributed by atoms with Crippen LogP contribution in [0.5, 0.6) is 0 Å². The summed E-state index contributed by atoms with van der Waals surface area (Å²) < 4.78 is 56.2. The van der Waals surface area contributed by atoms with E-state index in [1.807, 2.05) is 6.07 Å². The lowest BCUT2D eigenvalue weighted by Gasteiger charge is -2.32. The second-order valence-corrected chi connectivity index (χ2v) is 8.49. The van der Waals surface area contributed by atoms with Gasteiger partial charge in [-0.25, -0.2) is 9.59 Å². The summed E-state index contributed by atoms with van der Waals surface area (Å²) in [6.07, 6.45) is -4.89. The molecule has 2 aromatic carbocycles. The minimum absolute atomic E-state index is 0.00205. The zero-order chi connectivity index (χ0) is 27.9. The van der Waals surface area contributed by atoms with Crippen molar-refractivity contribution < 1.29 is 41.8 Å². The Morgan fingerprint density at radius 3 is 2.37 bits per heavy atom. The summed E-state index contributed by atoms with van der Waals surface area (Å²) >= 11 is 0. The highest BCUT2D eigenvalue weighted by Crippen LogP contribution is 2.42. The number of carbonyl (C=O) groups is 3. The third-order valence-electron chi connectivity index (χ3n) is 6.14. The molecule has 1 aliphatic rings. The highest BCUT2D eigenvalue weighted by molar-refractivity contribution is 6.00. The molecule has 0 amide bonds. The molecule has 0 aliphatic carbocycles. The van der Waals surface area contributed by atoms with Crippen LogP contribution in [0.3, 0.4) is 0 Å². The Kier molecular flexibility index (Phi) is 9.33. The van der Waals surface area contributed by atoms with Crippen molar-refractivity contribution in [1.82, 2.24) is 5.32 Å². The fourth-order valence-corrected chi connectivity index (χ4v) is 4.48. The zero-order valence-electron chi connectivity index (χ0n) is 21.1. The van der Waals surface area contributed by atoms with E-state index in [1.54, 1.807) is 38.1 Å². The molecule has 0 saturated carbocycles. The average Bonchev–Trinajstić information content (AvgIpc) is 2.90. The monoisotopic (exact) mass is 531 g/mol. The number of hydrogen-bond donors (Lipinski definition) is 1. The Balaban J connectivity index is 2.15. The maximum absolute atomic E-state index is 13.6. The third kappa shape index (κ3) is 6.42. The Bertz CT molecular complexity index is 1240. The number of carbonyl (C=O) groups excluding carboxylic acids is 3. The van der Waals surface area contributed by atoms with Crippen molar-refractivity contribution in [3.05, 3.63) is 93.8 Å². The fourth-order valence-electron chi connectivity index (χ4n) is 4.48. The maximum atomic E-state index is 13.6. The van der Waals surface area contributed by atoms with Gasteiger partial charge in [0.15, 0.2) is 0 Å². The number of dihydropyridines is 1. The molecule has 2 aromatic rings. The van der Waals surface area contributed by atoms with Crippen LogP contribution in [0.2, 0.25) is 0 Å². The van der Waals surface area contributed by atoms with Gasteiger partial charge in [-0.2, -0.15) is 13.2 Å². The molecule has 0 spiro atoms. The molecule has 0 radical (unpaired) electrons. The molecular weight excluding hydrogens is 503 g/mol. The normalized spacial score (nSPS) is 16.4. The number of halogens is 3. The Morgan fingerprint density at radius 1 is 1.05 bits per heavy atom. The summed E-state index contributed by atoms with van der Waals surface area (Å²) in [6, 6.07) is 13.4. The molecule has 0 fully saturated rings. The van der Waals surface area contributed by atoms with E-state index in [9.17, 15) is 27.6 Å². The predicted molar refractivity (Wildman–Crippen MR) is 131 cm³/mol. The summed E-state index contributed by atoms with van der Waals surface area (Å²) in [4.78, 5) is 37.3. The number of benzene rings is 2. The van der Waals surface area contributed by atoms with E-state index in [4.69, 9.17) is 14.2 Å². The van der Waals surface area contributed by atoms with Crippen LogP contribution in [0.15, 0.2) is 77.1 Å². The van der Waals surface area contributed by atoms with Crippen molar-refractivity contribution in [2.75, 3.05) is 13.7 Å². The topological polar surface area (TPSA) is 90.9 Å². The first-order valence-corrected chi connectivity index (χ1v) is 11.9. The summed E-state index contributed by atoms with van der Waals surface area (Å²) in [6.45, 7) is 3.51. The fraction of sp³-hybridized carbons (Fsp3) is 0.321. The number of methoxy groups -OCH3 is 1. The van der Waals surface area contributed by atoms with Crippen molar-refractivity contribution in [2.24, 2.45) is 0 Å². The largest absolute Gasteiger partial charge is 0.466 e. The SMILES string of the molecule is CCOC(=O)C1=C(CCC(OC=O)c2ccccc2)NC(C)=C(C(=O)OC)C1c1cccc(C(F)(F)F)c1. The van der Waals surface area contributed by atoms with Gasteiger partial charge < -0.3 is 19.5 Å². The zero-order valence-corrected chi connectivity index (χ0v) is 21.1. The van der Waals surface area contributed by atoms with Crippen LogP contribution in [0, 0.1) is 0 Å². The molecule has 2 atom stereocenters. The molecule has 2 unspecified atom stereocenters. The first kappa shape index (κ1) is 28.5. The van der Waals surface area contributed by atoms with E-state index in [0.717, 1.165) is 24.8 Å². The highest BCUT2D eigenvalue weighted by atomic mass is 19.4. The molecule has 0 saturated heterocycles. The quantitative estimate of drug-likeness (QED) is 0.251. The van der Waals surface area contributed by atoms with Crippen LogP contribution in [-0.2, 0) is 34.8 Å². The Morgan fingerprint density at radius 2 is 1.76 bits per heavy atom. The van der Waals surface area contributed by atoms with Gasteiger partial charge >= 0.3 is 18.1 Å². The molecule has 38 heavy (non-hydrogen) atoms. The maximum Gasteiger partial charge on any atom is 0.416 e. The number of alkyl halides is 3. The summed E-state index contributed by atoms with van der Waals surface area (Å²) in [5.41, 5.74) is 0.499. The Labute approximate surface area is 218 Å². The van der Waals surface area contributed by atoms with E-state index in [1.165, 1.54) is 12.1 Å². The van der Waals surface area contributed by atoms with Gasteiger partial charge in [0.25, 0.3) is 6.47 Å². The molecule has 1 N–H and O–H groups in total. The van der Waals surface area contributed by atoms with Crippen LogP contribution in [0.1, 0.15) is 55.4 Å². The number of ether oxygens (including phenoxy) is 3. The van der Waals surface area contributed by atoms with Crippen LogP contribution in [0.25, 0.3) is 0 Å². The van der Waals surface area contributed by atoms with E-state index < -0.39 is 35.7 Å². The molecular formula is C28H28F3NO6. The molecule has 0 aromatic heterocycles. The van der Waals surface area contributed by atoms with Gasteiger partial charge in [-0.1, -0.05) is 48.5 Å². The molecule has 7 nitrogen and oxygen atoms in total. The molecule has 202 valence electrons. The van der Waals surface area contributed by atoms with Gasteiger partial charge in [-0.05, 0) is 43.9 Å². The van der Waals surface area contributed by atoms with Crippen molar-refractivity contribution in [2.45, 2.75) is 44.9 Å². The van der Waals surface area contributed by atoms with Crippen LogP contribution in [0.4, 0.5) is 13.2 Å². The molecule has 1 aliphatic heterocycles.